The van der Waals surface area contributed by atoms with Crippen molar-refractivity contribution in [3.05, 3.63) is 60.4 Å². The third-order valence-corrected chi connectivity index (χ3v) is 5.14. The molecule has 0 spiro atoms. The molecule has 1 amide bonds. The van der Waals surface area contributed by atoms with Crippen molar-refractivity contribution in [3.63, 3.8) is 0 Å². The van der Waals surface area contributed by atoms with Crippen LogP contribution in [0.15, 0.2) is 54.9 Å². The smallest absolute Gasteiger partial charge is 0.255 e. The van der Waals surface area contributed by atoms with Crippen molar-refractivity contribution in [2.45, 2.75) is 12.8 Å². The summed E-state index contributed by atoms with van der Waals surface area (Å²) in [6.45, 7) is 2.01. The van der Waals surface area contributed by atoms with Crippen molar-refractivity contribution in [1.29, 1.82) is 0 Å². The molecule has 2 aromatic carbocycles. The average Bonchev–Trinajstić information content (AvgIpc) is 3.34. The molecule has 0 bridgehead atoms. The predicted molar refractivity (Wildman–Crippen MR) is 116 cm³/mol. The Bertz CT molecular complexity index is 1030. The molecule has 7 nitrogen and oxygen atoms in total. The van der Waals surface area contributed by atoms with Crippen LogP contribution in [0, 0.1) is 0 Å². The van der Waals surface area contributed by atoms with Crippen molar-refractivity contribution in [1.82, 2.24) is 9.97 Å². The summed E-state index contributed by atoms with van der Waals surface area (Å²) in [4.78, 5) is 24.0. The van der Waals surface area contributed by atoms with Crippen LogP contribution in [0.5, 0.6) is 11.5 Å². The fourth-order valence-corrected chi connectivity index (χ4v) is 3.49. The molecule has 1 aliphatic rings. The molecule has 3 aromatic rings. The Morgan fingerprint density at radius 2 is 1.73 bits per heavy atom. The van der Waals surface area contributed by atoms with Crippen LogP contribution in [0.25, 0.3) is 11.1 Å². The summed E-state index contributed by atoms with van der Waals surface area (Å²) in [5, 5.41) is 2.90. The highest BCUT2D eigenvalue weighted by atomic mass is 16.5. The molecule has 0 aliphatic carbocycles. The van der Waals surface area contributed by atoms with E-state index in [-0.39, 0.29) is 5.91 Å². The Morgan fingerprint density at radius 3 is 2.43 bits per heavy atom. The standard InChI is InChI=1S/C23H24N4O3/c1-29-19-8-9-20(21(13-19)30-2)26-22(28)17-7-5-6-16(12-17)18-14-24-23(25-15-18)27-10-3-4-11-27/h5-9,12-15H,3-4,10-11H2,1-2H3,(H,26,28). The van der Waals surface area contributed by atoms with E-state index in [1.54, 1.807) is 38.5 Å². The third-order valence-electron chi connectivity index (χ3n) is 5.14. The first-order valence-electron chi connectivity index (χ1n) is 9.89. The minimum absolute atomic E-state index is 0.227. The van der Waals surface area contributed by atoms with Gasteiger partial charge in [-0.1, -0.05) is 12.1 Å². The van der Waals surface area contributed by atoms with E-state index < -0.39 is 0 Å². The molecule has 7 heteroatoms. The summed E-state index contributed by atoms with van der Waals surface area (Å²) in [5.74, 6) is 1.72. The van der Waals surface area contributed by atoms with Gasteiger partial charge in [-0.3, -0.25) is 4.79 Å². The minimum Gasteiger partial charge on any atom is -0.497 e. The maximum atomic E-state index is 12.8. The molecule has 1 saturated heterocycles. The van der Waals surface area contributed by atoms with E-state index in [1.165, 1.54) is 12.8 Å². The summed E-state index contributed by atoms with van der Waals surface area (Å²) >= 11 is 0. The van der Waals surface area contributed by atoms with Crippen LogP contribution in [0.3, 0.4) is 0 Å². The van der Waals surface area contributed by atoms with Gasteiger partial charge in [0, 0.05) is 42.7 Å². The lowest BCUT2D eigenvalue weighted by atomic mass is 10.1. The molecule has 2 heterocycles. The first-order chi connectivity index (χ1) is 14.7. The second-order valence-corrected chi connectivity index (χ2v) is 7.07. The molecule has 0 unspecified atom stereocenters. The fraction of sp³-hybridized carbons (Fsp3) is 0.261. The van der Waals surface area contributed by atoms with Crippen molar-refractivity contribution in [2.75, 3.05) is 37.5 Å². The van der Waals surface area contributed by atoms with Crippen molar-refractivity contribution in [3.8, 4) is 22.6 Å². The van der Waals surface area contributed by atoms with Crippen LogP contribution in [-0.4, -0.2) is 43.2 Å². The first kappa shape index (κ1) is 19.7. The highest BCUT2D eigenvalue weighted by molar-refractivity contribution is 6.05. The van der Waals surface area contributed by atoms with Gasteiger partial charge in [-0.05, 0) is 42.7 Å². The van der Waals surface area contributed by atoms with Crippen LogP contribution >= 0.6 is 0 Å². The average molecular weight is 404 g/mol. The number of hydrogen-bond donors (Lipinski definition) is 1. The van der Waals surface area contributed by atoms with Crippen LogP contribution in [0.1, 0.15) is 23.2 Å². The Morgan fingerprint density at radius 1 is 0.967 bits per heavy atom. The third kappa shape index (κ3) is 4.20. The number of anilines is 2. The van der Waals surface area contributed by atoms with Gasteiger partial charge in [0.1, 0.15) is 11.5 Å². The SMILES string of the molecule is COc1ccc(NC(=O)c2cccc(-c3cnc(N4CCCC4)nc3)c2)c(OC)c1. The quantitative estimate of drug-likeness (QED) is 0.669. The van der Waals surface area contributed by atoms with E-state index in [0.29, 0.717) is 22.7 Å². The maximum Gasteiger partial charge on any atom is 0.255 e. The van der Waals surface area contributed by atoms with Crippen molar-refractivity contribution >= 4 is 17.5 Å². The van der Waals surface area contributed by atoms with Crippen LogP contribution < -0.4 is 19.7 Å². The second-order valence-electron chi connectivity index (χ2n) is 7.07. The number of amides is 1. The number of methoxy groups -OCH3 is 2. The first-order valence-corrected chi connectivity index (χ1v) is 9.89. The van der Waals surface area contributed by atoms with E-state index in [1.807, 2.05) is 30.6 Å². The van der Waals surface area contributed by atoms with Gasteiger partial charge in [0.05, 0.1) is 19.9 Å². The molecule has 30 heavy (non-hydrogen) atoms. The molecule has 1 fully saturated rings. The molecule has 0 atom stereocenters. The molecular weight excluding hydrogens is 380 g/mol. The van der Waals surface area contributed by atoms with Gasteiger partial charge in [-0.25, -0.2) is 9.97 Å². The van der Waals surface area contributed by atoms with E-state index in [2.05, 4.69) is 20.2 Å². The van der Waals surface area contributed by atoms with Gasteiger partial charge in [0.25, 0.3) is 5.91 Å². The van der Waals surface area contributed by atoms with Gasteiger partial charge in [-0.15, -0.1) is 0 Å². The number of nitrogens with one attached hydrogen (secondary N) is 1. The van der Waals surface area contributed by atoms with Gasteiger partial charge in [-0.2, -0.15) is 0 Å². The largest absolute Gasteiger partial charge is 0.497 e. The number of hydrogen-bond acceptors (Lipinski definition) is 6. The lowest BCUT2D eigenvalue weighted by molar-refractivity contribution is 0.102. The number of ether oxygens (including phenoxy) is 2. The lowest BCUT2D eigenvalue weighted by Crippen LogP contribution is -2.20. The number of benzene rings is 2. The number of rotatable bonds is 6. The maximum absolute atomic E-state index is 12.8. The summed E-state index contributed by atoms with van der Waals surface area (Å²) in [7, 11) is 3.14. The van der Waals surface area contributed by atoms with Gasteiger partial charge < -0.3 is 19.7 Å². The highest BCUT2D eigenvalue weighted by Gasteiger charge is 2.15. The van der Waals surface area contributed by atoms with Crippen molar-refractivity contribution in [2.24, 2.45) is 0 Å². The normalized spacial score (nSPS) is 13.2. The van der Waals surface area contributed by atoms with Gasteiger partial charge in [0.2, 0.25) is 5.95 Å². The summed E-state index contributed by atoms with van der Waals surface area (Å²) in [5.41, 5.74) is 2.87. The molecule has 1 aliphatic heterocycles. The molecule has 1 aromatic heterocycles. The van der Waals surface area contributed by atoms with Gasteiger partial charge >= 0.3 is 0 Å². The molecule has 154 valence electrons. The predicted octanol–water partition coefficient (Wildman–Crippen LogP) is 4.01. The Hall–Kier alpha value is -3.61. The topological polar surface area (TPSA) is 76.6 Å². The summed E-state index contributed by atoms with van der Waals surface area (Å²) in [6.07, 6.45) is 5.98. The highest BCUT2D eigenvalue weighted by Crippen LogP contribution is 2.30. The van der Waals surface area contributed by atoms with E-state index in [9.17, 15) is 4.79 Å². The summed E-state index contributed by atoms with van der Waals surface area (Å²) < 4.78 is 10.6. The lowest BCUT2D eigenvalue weighted by Gasteiger charge is -2.15. The Labute approximate surface area is 175 Å². The zero-order chi connectivity index (χ0) is 20.9. The number of nitrogens with zero attached hydrogens (tertiary/aromatic N) is 3. The second kappa shape index (κ2) is 8.82. The Balaban J connectivity index is 1.52. The minimum atomic E-state index is -0.227. The summed E-state index contributed by atoms with van der Waals surface area (Å²) in [6, 6.07) is 12.7. The zero-order valence-electron chi connectivity index (χ0n) is 17.1. The molecule has 4 rings (SSSR count). The van der Waals surface area contributed by atoms with E-state index in [0.717, 1.165) is 30.2 Å². The zero-order valence-corrected chi connectivity index (χ0v) is 17.1. The monoisotopic (exact) mass is 404 g/mol. The van der Waals surface area contributed by atoms with Crippen LogP contribution in [0.2, 0.25) is 0 Å². The van der Waals surface area contributed by atoms with E-state index in [4.69, 9.17) is 9.47 Å². The Kier molecular flexibility index (Phi) is 5.79. The van der Waals surface area contributed by atoms with Crippen LogP contribution in [0.4, 0.5) is 11.6 Å². The van der Waals surface area contributed by atoms with Crippen molar-refractivity contribution < 1.29 is 14.3 Å². The number of carbonyl (C=O) groups excluding carboxylic acids is 1. The molecule has 1 N–H and O–H groups in total. The molecular formula is C23H24N4O3. The fourth-order valence-electron chi connectivity index (χ4n) is 3.49. The molecule has 0 saturated carbocycles. The van der Waals surface area contributed by atoms with E-state index >= 15 is 0 Å². The van der Waals surface area contributed by atoms with Gasteiger partial charge in [0.15, 0.2) is 0 Å². The molecule has 0 radical (unpaired) electrons. The number of carbonyl (C=O) groups is 1. The number of aromatic nitrogens is 2. The van der Waals surface area contributed by atoms with Crippen LogP contribution in [-0.2, 0) is 0 Å².